The Morgan fingerprint density at radius 3 is 2.50 bits per heavy atom. The molecule has 0 bridgehead atoms. The lowest BCUT2D eigenvalue weighted by atomic mass is 10.3. The highest BCUT2D eigenvalue weighted by Gasteiger charge is 2.35. The molecule has 1 aliphatic carbocycles. The number of sulfonamides is 1. The molecule has 0 unspecified atom stereocenters. The van der Waals surface area contributed by atoms with E-state index in [-0.39, 0.29) is 18.4 Å². The second-order valence-electron chi connectivity index (χ2n) is 3.74. The lowest BCUT2D eigenvalue weighted by Crippen LogP contribution is -2.36. The summed E-state index contributed by atoms with van der Waals surface area (Å²) < 4.78 is 24.9. The fourth-order valence-electron chi connectivity index (χ4n) is 1.46. The van der Waals surface area contributed by atoms with Crippen LogP contribution in [0.1, 0.15) is 32.6 Å². The molecule has 14 heavy (non-hydrogen) atoms. The maximum Gasteiger partial charge on any atom is 0.216 e. The van der Waals surface area contributed by atoms with Gasteiger partial charge in [-0.3, -0.25) is 0 Å². The van der Waals surface area contributed by atoms with E-state index in [0.717, 1.165) is 25.7 Å². The van der Waals surface area contributed by atoms with Crippen LogP contribution in [0.15, 0.2) is 0 Å². The fourth-order valence-corrected chi connectivity index (χ4v) is 3.00. The van der Waals surface area contributed by atoms with Gasteiger partial charge in [0.25, 0.3) is 0 Å². The first kappa shape index (κ1) is 11.9. The summed E-state index contributed by atoms with van der Waals surface area (Å²) in [7, 11) is -3.20. The van der Waals surface area contributed by atoms with Crippen LogP contribution in [0.25, 0.3) is 0 Å². The van der Waals surface area contributed by atoms with Gasteiger partial charge in [-0.25, -0.2) is 8.42 Å². The van der Waals surface area contributed by atoms with Crippen LogP contribution in [-0.2, 0) is 10.0 Å². The highest BCUT2D eigenvalue weighted by molar-refractivity contribution is 7.89. The van der Waals surface area contributed by atoms with Gasteiger partial charge < -0.3 is 5.11 Å². The first-order valence-electron chi connectivity index (χ1n) is 5.22. The van der Waals surface area contributed by atoms with Crippen LogP contribution in [0, 0.1) is 0 Å². The van der Waals surface area contributed by atoms with E-state index >= 15 is 0 Å². The van der Waals surface area contributed by atoms with E-state index in [2.05, 4.69) is 0 Å². The van der Waals surface area contributed by atoms with E-state index in [1.54, 1.807) is 4.31 Å². The Bertz CT molecular complexity index is 259. The van der Waals surface area contributed by atoms with Crippen LogP contribution in [0.3, 0.4) is 0 Å². The molecule has 0 aromatic rings. The van der Waals surface area contributed by atoms with E-state index in [0.29, 0.717) is 6.54 Å². The monoisotopic (exact) mass is 221 g/mol. The molecule has 5 heteroatoms. The van der Waals surface area contributed by atoms with E-state index < -0.39 is 10.0 Å². The zero-order valence-corrected chi connectivity index (χ0v) is 9.46. The Labute approximate surface area is 86.0 Å². The quantitative estimate of drug-likeness (QED) is 0.684. The van der Waals surface area contributed by atoms with Gasteiger partial charge in [-0.2, -0.15) is 4.31 Å². The van der Waals surface area contributed by atoms with Crippen molar-refractivity contribution in [2.45, 2.75) is 38.6 Å². The molecule has 0 radical (unpaired) electrons. The van der Waals surface area contributed by atoms with Gasteiger partial charge in [-0.15, -0.1) is 0 Å². The van der Waals surface area contributed by atoms with E-state index in [9.17, 15) is 8.42 Å². The SMILES string of the molecule is CCCCN(C1CC1)S(=O)(=O)CCO. The Kier molecular flexibility index (Phi) is 4.34. The molecule has 0 saturated heterocycles. The van der Waals surface area contributed by atoms with Gasteiger partial charge >= 0.3 is 0 Å². The van der Waals surface area contributed by atoms with Crippen molar-refractivity contribution < 1.29 is 13.5 Å². The van der Waals surface area contributed by atoms with Crippen molar-refractivity contribution in [2.75, 3.05) is 18.9 Å². The third kappa shape index (κ3) is 3.22. The van der Waals surface area contributed by atoms with E-state index in [1.165, 1.54) is 0 Å². The third-order valence-corrected chi connectivity index (χ3v) is 4.29. The molecule has 0 atom stereocenters. The van der Waals surface area contributed by atoms with Crippen LogP contribution in [0.4, 0.5) is 0 Å². The normalized spacial score (nSPS) is 17.6. The van der Waals surface area contributed by atoms with Crippen LogP contribution in [-0.4, -0.2) is 42.8 Å². The van der Waals surface area contributed by atoms with Crippen LogP contribution >= 0.6 is 0 Å². The maximum absolute atomic E-state index is 11.7. The van der Waals surface area contributed by atoms with Gasteiger partial charge in [0, 0.05) is 12.6 Å². The average Bonchev–Trinajstić information content (AvgIpc) is 2.88. The number of nitrogens with zero attached hydrogens (tertiary/aromatic N) is 1. The second kappa shape index (κ2) is 5.09. The first-order valence-corrected chi connectivity index (χ1v) is 6.83. The van der Waals surface area contributed by atoms with Gasteiger partial charge in [0.1, 0.15) is 0 Å². The predicted octanol–water partition coefficient (Wildman–Crippen LogP) is 0.573. The molecule has 0 aliphatic heterocycles. The van der Waals surface area contributed by atoms with Crippen molar-refractivity contribution in [1.82, 2.24) is 4.31 Å². The lowest BCUT2D eigenvalue weighted by Gasteiger charge is -2.20. The summed E-state index contributed by atoms with van der Waals surface area (Å²) >= 11 is 0. The van der Waals surface area contributed by atoms with Gasteiger partial charge in [0.05, 0.1) is 12.4 Å². The standard InChI is InChI=1S/C9H19NO3S/c1-2-3-6-10(9-4-5-9)14(12,13)8-7-11/h9,11H,2-8H2,1H3. The highest BCUT2D eigenvalue weighted by atomic mass is 32.2. The summed E-state index contributed by atoms with van der Waals surface area (Å²) in [5.41, 5.74) is 0. The molecule has 84 valence electrons. The molecule has 1 aliphatic rings. The summed E-state index contributed by atoms with van der Waals surface area (Å²) in [5.74, 6) is -0.132. The van der Waals surface area contributed by atoms with E-state index in [1.807, 2.05) is 6.92 Å². The number of unbranched alkanes of at least 4 members (excludes halogenated alkanes) is 1. The summed E-state index contributed by atoms with van der Waals surface area (Å²) in [6.45, 7) is 2.38. The molecular weight excluding hydrogens is 202 g/mol. The number of aliphatic hydroxyl groups is 1. The van der Waals surface area contributed by atoms with Gasteiger partial charge in [0.15, 0.2) is 0 Å². The van der Waals surface area contributed by atoms with Crippen LogP contribution < -0.4 is 0 Å². The molecule has 1 N–H and O–H groups in total. The van der Waals surface area contributed by atoms with Crippen molar-refractivity contribution in [2.24, 2.45) is 0 Å². The summed E-state index contributed by atoms with van der Waals surface area (Å²) in [4.78, 5) is 0. The lowest BCUT2D eigenvalue weighted by molar-refractivity contribution is 0.312. The topological polar surface area (TPSA) is 57.6 Å². The minimum absolute atomic E-state index is 0.132. The summed E-state index contributed by atoms with van der Waals surface area (Å²) in [6, 6.07) is 0.220. The zero-order valence-electron chi connectivity index (χ0n) is 8.65. The Balaban J connectivity index is 2.56. The number of rotatable bonds is 7. The molecule has 0 amide bonds. The average molecular weight is 221 g/mol. The minimum Gasteiger partial charge on any atom is -0.395 e. The second-order valence-corrected chi connectivity index (χ2v) is 5.78. The zero-order chi connectivity index (χ0) is 10.6. The Morgan fingerprint density at radius 2 is 2.07 bits per heavy atom. The predicted molar refractivity (Wildman–Crippen MR) is 55.5 cm³/mol. The van der Waals surface area contributed by atoms with Crippen molar-refractivity contribution in [3.63, 3.8) is 0 Å². The van der Waals surface area contributed by atoms with Crippen LogP contribution in [0.5, 0.6) is 0 Å². The molecule has 1 saturated carbocycles. The van der Waals surface area contributed by atoms with Crippen molar-refractivity contribution in [3.8, 4) is 0 Å². The van der Waals surface area contributed by atoms with Crippen molar-refractivity contribution in [1.29, 1.82) is 0 Å². The molecule has 0 spiro atoms. The van der Waals surface area contributed by atoms with Gasteiger partial charge in [0.2, 0.25) is 10.0 Å². The Hall–Kier alpha value is -0.130. The molecule has 0 aromatic heterocycles. The number of aliphatic hydroxyl groups excluding tert-OH is 1. The van der Waals surface area contributed by atoms with E-state index in [4.69, 9.17) is 5.11 Å². The van der Waals surface area contributed by atoms with Crippen molar-refractivity contribution in [3.05, 3.63) is 0 Å². The van der Waals surface area contributed by atoms with Crippen LogP contribution in [0.2, 0.25) is 0 Å². The smallest absolute Gasteiger partial charge is 0.216 e. The minimum atomic E-state index is -3.20. The Morgan fingerprint density at radius 1 is 1.43 bits per heavy atom. The summed E-state index contributed by atoms with van der Waals surface area (Å²) in [5, 5.41) is 8.67. The molecule has 1 fully saturated rings. The largest absolute Gasteiger partial charge is 0.395 e. The molecular formula is C9H19NO3S. The molecule has 0 heterocycles. The molecule has 4 nitrogen and oxygen atoms in total. The molecule has 0 aromatic carbocycles. The van der Waals surface area contributed by atoms with Gasteiger partial charge in [-0.1, -0.05) is 13.3 Å². The fraction of sp³-hybridized carbons (Fsp3) is 1.00. The maximum atomic E-state index is 11.7. The van der Waals surface area contributed by atoms with Crippen molar-refractivity contribution >= 4 is 10.0 Å². The highest BCUT2D eigenvalue weighted by Crippen LogP contribution is 2.29. The number of hydrogen-bond donors (Lipinski definition) is 1. The molecule has 1 rings (SSSR count). The number of hydrogen-bond acceptors (Lipinski definition) is 3. The summed E-state index contributed by atoms with van der Waals surface area (Å²) in [6.07, 6.45) is 3.86. The van der Waals surface area contributed by atoms with Gasteiger partial charge in [-0.05, 0) is 19.3 Å². The first-order chi connectivity index (χ1) is 6.61. The third-order valence-electron chi connectivity index (χ3n) is 2.39.